The van der Waals surface area contributed by atoms with Crippen molar-refractivity contribution in [2.45, 2.75) is 85.7 Å². The van der Waals surface area contributed by atoms with Crippen molar-refractivity contribution in [3.8, 4) is 0 Å². The summed E-state index contributed by atoms with van der Waals surface area (Å²) in [6, 6.07) is 0. The molecule has 0 heterocycles. The Kier molecular flexibility index (Phi) is 7.77. The fourth-order valence-corrected chi connectivity index (χ4v) is 1.55. The number of hydrogen-bond acceptors (Lipinski definition) is 2. The summed E-state index contributed by atoms with van der Waals surface area (Å²) in [4.78, 5) is 11.9. The van der Waals surface area contributed by atoms with Crippen molar-refractivity contribution < 1.29 is 9.53 Å². The van der Waals surface area contributed by atoms with Crippen molar-refractivity contribution >= 4 is 5.78 Å². The number of ether oxygens (including phenoxy) is 1. The van der Waals surface area contributed by atoms with Crippen LogP contribution in [0.15, 0.2) is 0 Å². The lowest BCUT2D eigenvalue weighted by atomic mass is 9.83. The predicted molar refractivity (Wildman–Crippen MR) is 77.9 cm³/mol. The highest BCUT2D eigenvalue weighted by atomic mass is 16.5. The van der Waals surface area contributed by atoms with E-state index in [-0.39, 0.29) is 11.0 Å². The van der Waals surface area contributed by atoms with Gasteiger partial charge in [0.2, 0.25) is 0 Å². The Labute approximate surface area is 113 Å². The second-order valence-electron chi connectivity index (χ2n) is 6.43. The van der Waals surface area contributed by atoms with Crippen LogP contribution in [0.4, 0.5) is 0 Å². The number of hydrogen-bond donors (Lipinski definition) is 0. The molecule has 0 saturated carbocycles. The monoisotopic (exact) mass is 256 g/mol. The van der Waals surface area contributed by atoms with E-state index in [0.29, 0.717) is 5.78 Å². The highest BCUT2D eigenvalue weighted by Gasteiger charge is 2.24. The van der Waals surface area contributed by atoms with Crippen LogP contribution in [0, 0.1) is 5.41 Å². The summed E-state index contributed by atoms with van der Waals surface area (Å²) in [6.07, 6.45) is 5.83. The summed E-state index contributed by atoms with van der Waals surface area (Å²) in [6.45, 7) is 13.4. The summed E-state index contributed by atoms with van der Waals surface area (Å²) >= 11 is 0. The standard InChI is InChI=1S/C16H32O2/c1-7-15(3,4)14(17)12-10-9-11-13-18-16(5,6)8-2/h7-13H2,1-6H3. The van der Waals surface area contributed by atoms with Crippen LogP contribution in [0.2, 0.25) is 0 Å². The van der Waals surface area contributed by atoms with Crippen LogP contribution in [0.25, 0.3) is 0 Å². The van der Waals surface area contributed by atoms with Crippen molar-refractivity contribution in [2.75, 3.05) is 6.61 Å². The molecule has 0 aliphatic carbocycles. The maximum atomic E-state index is 11.9. The van der Waals surface area contributed by atoms with E-state index in [1.165, 1.54) is 0 Å². The molecule has 0 bridgehead atoms. The summed E-state index contributed by atoms with van der Waals surface area (Å²) < 4.78 is 5.79. The topological polar surface area (TPSA) is 26.3 Å². The van der Waals surface area contributed by atoms with Gasteiger partial charge in [-0.2, -0.15) is 0 Å². The minimum Gasteiger partial charge on any atom is -0.376 e. The number of carbonyl (C=O) groups excluding carboxylic acids is 1. The molecule has 0 spiro atoms. The molecule has 108 valence electrons. The predicted octanol–water partition coefficient (Wildman–Crippen LogP) is 4.76. The first-order valence-corrected chi connectivity index (χ1v) is 7.42. The molecule has 0 unspecified atom stereocenters. The smallest absolute Gasteiger partial charge is 0.138 e. The molecule has 0 aliphatic heterocycles. The number of ketones is 1. The average molecular weight is 256 g/mol. The van der Waals surface area contributed by atoms with E-state index < -0.39 is 0 Å². The molecule has 0 saturated heterocycles. The van der Waals surface area contributed by atoms with E-state index in [4.69, 9.17) is 4.74 Å². The zero-order valence-electron chi connectivity index (χ0n) is 13.3. The van der Waals surface area contributed by atoms with Crippen molar-refractivity contribution in [1.29, 1.82) is 0 Å². The normalized spacial score (nSPS) is 12.8. The van der Waals surface area contributed by atoms with Crippen LogP contribution in [0.1, 0.15) is 80.1 Å². The van der Waals surface area contributed by atoms with Gasteiger partial charge in [0.25, 0.3) is 0 Å². The van der Waals surface area contributed by atoms with Gasteiger partial charge in [-0.25, -0.2) is 0 Å². The molecular weight excluding hydrogens is 224 g/mol. The minimum atomic E-state index is -0.138. The SMILES string of the molecule is CCC(C)(C)OCCCCCC(=O)C(C)(C)CC. The number of rotatable bonds is 10. The first kappa shape index (κ1) is 17.6. The Morgan fingerprint density at radius 1 is 0.944 bits per heavy atom. The fraction of sp³-hybridized carbons (Fsp3) is 0.938. The Bertz CT molecular complexity index is 241. The van der Waals surface area contributed by atoms with Gasteiger partial charge in [-0.1, -0.05) is 34.1 Å². The lowest BCUT2D eigenvalue weighted by molar-refractivity contribution is -0.127. The third-order valence-electron chi connectivity index (χ3n) is 4.03. The third kappa shape index (κ3) is 7.15. The van der Waals surface area contributed by atoms with Gasteiger partial charge in [0, 0.05) is 18.4 Å². The second-order valence-corrected chi connectivity index (χ2v) is 6.43. The molecule has 18 heavy (non-hydrogen) atoms. The van der Waals surface area contributed by atoms with E-state index in [2.05, 4.69) is 27.7 Å². The van der Waals surface area contributed by atoms with Crippen LogP contribution in [0.3, 0.4) is 0 Å². The third-order valence-corrected chi connectivity index (χ3v) is 4.03. The molecule has 0 N–H and O–H groups in total. The molecule has 0 aliphatic rings. The molecule has 0 atom stereocenters. The van der Waals surface area contributed by atoms with Crippen LogP contribution < -0.4 is 0 Å². The lowest BCUT2D eigenvalue weighted by Crippen LogP contribution is -2.24. The van der Waals surface area contributed by atoms with Gasteiger partial charge in [-0.05, 0) is 39.5 Å². The van der Waals surface area contributed by atoms with Gasteiger partial charge < -0.3 is 4.74 Å². The van der Waals surface area contributed by atoms with Crippen molar-refractivity contribution in [1.82, 2.24) is 0 Å². The molecular formula is C16H32O2. The molecule has 0 aromatic carbocycles. The molecule has 0 radical (unpaired) electrons. The first-order chi connectivity index (χ1) is 8.25. The summed E-state index contributed by atoms with van der Waals surface area (Å²) in [5, 5.41) is 0. The zero-order valence-corrected chi connectivity index (χ0v) is 13.3. The van der Waals surface area contributed by atoms with E-state index >= 15 is 0 Å². The maximum absolute atomic E-state index is 11.9. The Morgan fingerprint density at radius 2 is 1.56 bits per heavy atom. The fourth-order valence-electron chi connectivity index (χ4n) is 1.55. The highest BCUT2D eigenvalue weighted by Crippen LogP contribution is 2.24. The molecule has 0 fully saturated rings. The van der Waals surface area contributed by atoms with Crippen LogP contribution in [0.5, 0.6) is 0 Å². The van der Waals surface area contributed by atoms with Gasteiger partial charge in [-0.3, -0.25) is 4.79 Å². The van der Waals surface area contributed by atoms with Crippen LogP contribution >= 0.6 is 0 Å². The molecule has 0 aromatic heterocycles. The second kappa shape index (κ2) is 7.93. The maximum Gasteiger partial charge on any atom is 0.138 e. The minimum absolute atomic E-state index is 0.0000210. The molecule has 2 nitrogen and oxygen atoms in total. The van der Waals surface area contributed by atoms with Crippen LogP contribution in [-0.4, -0.2) is 18.0 Å². The number of unbranched alkanes of at least 4 members (excludes halogenated alkanes) is 2. The van der Waals surface area contributed by atoms with Crippen molar-refractivity contribution in [3.63, 3.8) is 0 Å². The van der Waals surface area contributed by atoms with Gasteiger partial charge in [0.1, 0.15) is 5.78 Å². The van der Waals surface area contributed by atoms with Gasteiger partial charge in [-0.15, -0.1) is 0 Å². The quantitative estimate of drug-likeness (QED) is 0.527. The summed E-state index contributed by atoms with van der Waals surface area (Å²) in [5.41, 5.74) is -0.138. The summed E-state index contributed by atoms with van der Waals surface area (Å²) in [5.74, 6) is 0.403. The van der Waals surface area contributed by atoms with E-state index in [1.807, 2.05) is 13.8 Å². The van der Waals surface area contributed by atoms with Gasteiger partial charge in [0.15, 0.2) is 0 Å². The first-order valence-electron chi connectivity index (χ1n) is 7.42. The molecule has 0 aromatic rings. The highest BCUT2D eigenvalue weighted by molar-refractivity contribution is 5.83. The van der Waals surface area contributed by atoms with Gasteiger partial charge >= 0.3 is 0 Å². The molecule has 0 amide bonds. The zero-order chi connectivity index (χ0) is 14.2. The largest absolute Gasteiger partial charge is 0.376 e. The molecule has 0 rings (SSSR count). The lowest BCUT2D eigenvalue weighted by Gasteiger charge is -2.23. The Hall–Kier alpha value is -0.370. The Morgan fingerprint density at radius 3 is 2.06 bits per heavy atom. The number of Topliss-reactive ketones (excluding diaryl/α,β-unsaturated/α-hetero) is 1. The van der Waals surface area contributed by atoms with E-state index in [9.17, 15) is 4.79 Å². The van der Waals surface area contributed by atoms with Crippen LogP contribution in [-0.2, 0) is 9.53 Å². The van der Waals surface area contributed by atoms with Crippen molar-refractivity contribution in [2.24, 2.45) is 5.41 Å². The average Bonchev–Trinajstić information content (AvgIpc) is 2.33. The summed E-state index contributed by atoms with van der Waals surface area (Å²) in [7, 11) is 0. The number of carbonyl (C=O) groups is 1. The molecule has 2 heteroatoms. The van der Waals surface area contributed by atoms with Gasteiger partial charge in [0.05, 0.1) is 5.60 Å². The van der Waals surface area contributed by atoms with E-state index in [0.717, 1.165) is 45.1 Å². The Balaban J connectivity index is 3.61. The van der Waals surface area contributed by atoms with Crippen molar-refractivity contribution in [3.05, 3.63) is 0 Å². The van der Waals surface area contributed by atoms with E-state index in [1.54, 1.807) is 0 Å².